The van der Waals surface area contributed by atoms with Crippen molar-refractivity contribution in [3.8, 4) is 0 Å². The summed E-state index contributed by atoms with van der Waals surface area (Å²) in [6.07, 6.45) is 3.49. The number of hydrogen-bond acceptors (Lipinski definition) is 5. The summed E-state index contributed by atoms with van der Waals surface area (Å²) in [7, 11) is 1.35. The lowest BCUT2D eigenvalue weighted by Crippen LogP contribution is -2.54. The van der Waals surface area contributed by atoms with Gasteiger partial charge < -0.3 is 9.30 Å². The molecule has 0 aliphatic carbocycles. The van der Waals surface area contributed by atoms with Crippen LogP contribution in [0.25, 0.3) is 17.0 Å². The topological polar surface area (TPSA) is 80.6 Å². The minimum Gasteiger partial charge on any atom is -0.465 e. The second-order valence-corrected chi connectivity index (χ2v) is 8.60. The van der Waals surface area contributed by atoms with Crippen LogP contribution in [0.5, 0.6) is 0 Å². The molecule has 0 atom stereocenters. The van der Waals surface area contributed by atoms with Crippen molar-refractivity contribution in [2.45, 2.75) is 6.54 Å². The van der Waals surface area contributed by atoms with Crippen LogP contribution in [0.4, 0.5) is 5.69 Å². The molecular weight excluding hydrogens is 474 g/mol. The van der Waals surface area contributed by atoms with E-state index in [1.165, 1.54) is 12.0 Å². The van der Waals surface area contributed by atoms with Crippen LogP contribution in [-0.4, -0.2) is 34.6 Å². The van der Waals surface area contributed by atoms with Crippen LogP contribution in [0, 0.1) is 0 Å². The van der Waals surface area contributed by atoms with Gasteiger partial charge in [-0.05, 0) is 54.2 Å². The number of fused-ring (bicyclic) bond motifs is 1. The molecule has 0 bridgehead atoms. The number of aromatic nitrogens is 1. The molecular formula is C28H21N3O4S. The van der Waals surface area contributed by atoms with Crippen LogP contribution in [-0.2, 0) is 20.9 Å². The number of carbonyl (C=O) groups is 3. The van der Waals surface area contributed by atoms with Crippen LogP contribution >= 0.6 is 12.2 Å². The maximum atomic E-state index is 13.4. The number of anilines is 1. The van der Waals surface area contributed by atoms with Gasteiger partial charge in [0.1, 0.15) is 5.57 Å². The van der Waals surface area contributed by atoms with E-state index in [4.69, 9.17) is 17.0 Å². The molecule has 1 N–H and O–H groups in total. The summed E-state index contributed by atoms with van der Waals surface area (Å²) >= 11 is 5.28. The molecule has 7 nitrogen and oxygen atoms in total. The fourth-order valence-electron chi connectivity index (χ4n) is 4.26. The SMILES string of the molecule is COC(=O)c1cccc(Cn2cc(/C=C3\C(=O)NC(=S)N(c4ccccc4)C3=O)c3ccccc32)c1. The van der Waals surface area contributed by atoms with Gasteiger partial charge in [-0.15, -0.1) is 0 Å². The zero-order chi connectivity index (χ0) is 25.2. The predicted octanol–water partition coefficient (Wildman–Crippen LogP) is 4.31. The van der Waals surface area contributed by atoms with Crippen LogP contribution in [0.15, 0.2) is 90.6 Å². The summed E-state index contributed by atoms with van der Waals surface area (Å²) < 4.78 is 6.85. The fraction of sp³-hybridized carbons (Fsp3) is 0.0714. The largest absolute Gasteiger partial charge is 0.465 e. The zero-order valence-electron chi connectivity index (χ0n) is 19.3. The Morgan fingerprint density at radius 2 is 1.75 bits per heavy atom. The Morgan fingerprint density at radius 3 is 2.53 bits per heavy atom. The van der Waals surface area contributed by atoms with Gasteiger partial charge in [0.05, 0.1) is 18.4 Å². The Balaban J connectivity index is 1.54. The number of nitrogens with one attached hydrogen (secondary N) is 1. The van der Waals surface area contributed by atoms with E-state index in [0.717, 1.165) is 16.5 Å². The monoisotopic (exact) mass is 495 g/mol. The first-order valence-corrected chi connectivity index (χ1v) is 11.6. The molecule has 36 heavy (non-hydrogen) atoms. The highest BCUT2D eigenvalue weighted by Gasteiger charge is 2.34. The van der Waals surface area contributed by atoms with Crippen LogP contribution in [0.3, 0.4) is 0 Å². The van der Waals surface area contributed by atoms with E-state index in [0.29, 0.717) is 23.4 Å². The van der Waals surface area contributed by atoms with Gasteiger partial charge in [-0.2, -0.15) is 0 Å². The third-order valence-corrected chi connectivity index (χ3v) is 6.22. The Labute approximate surface area is 212 Å². The highest BCUT2D eigenvalue weighted by Crippen LogP contribution is 2.27. The highest BCUT2D eigenvalue weighted by molar-refractivity contribution is 7.80. The number of methoxy groups -OCH3 is 1. The normalized spacial score (nSPS) is 14.9. The second kappa shape index (κ2) is 9.59. The van der Waals surface area contributed by atoms with Crippen molar-refractivity contribution >= 4 is 57.8 Å². The summed E-state index contributed by atoms with van der Waals surface area (Å²) in [6.45, 7) is 0.481. The van der Waals surface area contributed by atoms with E-state index in [-0.39, 0.29) is 10.7 Å². The molecule has 4 aromatic rings. The number of hydrogen-bond donors (Lipinski definition) is 1. The first kappa shape index (κ1) is 23.2. The Bertz CT molecular complexity index is 1560. The van der Waals surface area contributed by atoms with Crippen LogP contribution in [0.1, 0.15) is 21.5 Å². The smallest absolute Gasteiger partial charge is 0.337 e. The quantitative estimate of drug-likeness (QED) is 0.193. The van der Waals surface area contributed by atoms with Gasteiger partial charge >= 0.3 is 5.97 Å². The summed E-state index contributed by atoms with van der Waals surface area (Å²) in [4.78, 5) is 39.4. The van der Waals surface area contributed by atoms with Gasteiger partial charge in [-0.25, -0.2) is 4.79 Å². The lowest BCUT2D eigenvalue weighted by molar-refractivity contribution is -0.122. The summed E-state index contributed by atoms with van der Waals surface area (Å²) in [5, 5.41) is 3.55. The Morgan fingerprint density at radius 1 is 1.00 bits per heavy atom. The van der Waals surface area contributed by atoms with Crippen molar-refractivity contribution in [1.29, 1.82) is 0 Å². The lowest BCUT2D eigenvalue weighted by atomic mass is 10.1. The molecule has 1 aliphatic rings. The number of rotatable bonds is 5. The van der Waals surface area contributed by atoms with E-state index in [9.17, 15) is 14.4 Å². The second-order valence-electron chi connectivity index (χ2n) is 8.21. The summed E-state index contributed by atoms with van der Waals surface area (Å²) in [5.74, 6) is -1.43. The van der Waals surface area contributed by atoms with Gasteiger partial charge in [-0.1, -0.05) is 48.5 Å². The molecule has 1 aliphatic heterocycles. The molecule has 1 aromatic heterocycles. The molecule has 2 heterocycles. The van der Waals surface area contributed by atoms with Crippen molar-refractivity contribution in [3.63, 3.8) is 0 Å². The van der Waals surface area contributed by atoms with E-state index >= 15 is 0 Å². The number of nitrogens with zero attached hydrogens (tertiary/aromatic N) is 2. The predicted molar refractivity (Wildman–Crippen MR) is 141 cm³/mol. The van der Waals surface area contributed by atoms with Gasteiger partial charge in [0.25, 0.3) is 11.8 Å². The number of thiocarbonyl (C=S) groups is 1. The van der Waals surface area contributed by atoms with Crippen molar-refractivity contribution in [2.24, 2.45) is 0 Å². The molecule has 1 saturated heterocycles. The molecule has 178 valence electrons. The lowest BCUT2D eigenvalue weighted by Gasteiger charge is -2.28. The van der Waals surface area contributed by atoms with Crippen LogP contribution < -0.4 is 10.2 Å². The molecule has 5 rings (SSSR count). The molecule has 0 spiro atoms. The van der Waals surface area contributed by atoms with E-state index in [2.05, 4.69) is 5.32 Å². The first-order chi connectivity index (χ1) is 17.5. The van der Waals surface area contributed by atoms with Gasteiger partial charge in [0.15, 0.2) is 5.11 Å². The van der Waals surface area contributed by atoms with E-state index in [1.54, 1.807) is 42.5 Å². The highest BCUT2D eigenvalue weighted by atomic mass is 32.1. The minimum atomic E-state index is -0.542. The third-order valence-electron chi connectivity index (χ3n) is 5.94. The number of esters is 1. The van der Waals surface area contributed by atoms with Gasteiger partial charge in [-0.3, -0.25) is 19.8 Å². The number of benzene rings is 3. The maximum absolute atomic E-state index is 13.4. The standard InChI is InChI=1S/C28H21N3O4S/c1-35-27(34)19-9-7-8-18(14-19)16-30-17-20(22-12-5-6-13-24(22)30)15-23-25(32)29-28(36)31(26(23)33)21-10-3-2-4-11-21/h2-15,17H,16H2,1H3,(H,29,32,36)/b23-15+. The number of para-hydroxylation sites is 2. The number of carbonyl (C=O) groups excluding carboxylic acids is 3. The fourth-order valence-corrected chi connectivity index (χ4v) is 4.54. The molecule has 2 amide bonds. The zero-order valence-corrected chi connectivity index (χ0v) is 20.1. The summed E-state index contributed by atoms with van der Waals surface area (Å²) in [5.41, 5.74) is 3.58. The Hall–Kier alpha value is -4.56. The average molecular weight is 496 g/mol. The van der Waals surface area contributed by atoms with E-state index in [1.807, 2.05) is 53.2 Å². The van der Waals surface area contributed by atoms with Crippen molar-refractivity contribution in [1.82, 2.24) is 9.88 Å². The number of ether oxygens (including phenoxy) is 1. The molecule has 0 radical (unpaired) electrons. The first-order valence-electron chi connectivity index (χ1n) is 11.2. The summed E-state index contributed by atoms with van der Waals surface area (Å²) in [6, 6.07) is 23.9. The minimum absolute atomic E-state index is 0.0111. The maximum Gasteiger partial charge on any atom is 0.337 e. The molecule has 0 unspecified atom stereocenters. The van der Waals surface area contributed by atoms with Crippen LogP contribution in [0.2, 0.25) is 0 Å². The van der Waals surface area contributed by atoms with Crippen molar-refractivity contribution in [2.75, 3.05) is 12.0 Å². The van der Waals surface area contributed by atoms with Gasteiger partial charge in [0, 0.05) is 29.2 Å². The van der Waals surface area contributed by atoms with Crippen molar-refractivity contribution in [3.05, 3.63) is 107 Å². The van der Waals surface area contributed by atoms with E-state index < -0.39 is 17.8 Å². The molecule has 0 saturated carbocycles. The molecule has 1 fully saturated rings. The van der Waals surface area contributed by atoms with Gasteiger partial charge in [0.2, 0.25) is 0 Å². The molecule has 8 heteroatoms. The Kier molecular flexibility index (Phi) is 6.18. The number of amides is 2. The average Bonchev–Trinajstić information content (AvgIpc) is 3.23. The molecule has 3 aromatic carbocycles. The third kappa shape index (κ3) is 4.30. The van der Waals surface area contributed by atoms with Crippen molar-refractivity contribution < 1.29 is 19.1 Å².